The Morgan fingerprint density at radius 3 is 2.13 bits per heavy atom. The molecule has 1 fully saturated rings. The van der Waals surface area contributed by atoms with Crippen LogP contribution in [0, 0.1) is 0 Å². The van der Waals surface area contributed by atoms with Crippen LogP contribution in [0.1, 0.15) is 12.8 Å². The van der Waals surface area contributed by atoms with Crippen LogP contribution in [0.25, 0.3) is 0 Å². The lowest BCUT2D eigenvalue weighted by Crippen LogP contribution is -2.40. The van der Waals surface area contributed by atoms with Crippen molar-refractivity contribution in [3.05, 3.63) is 10.6 Å². The molecule has 7 heteroatoms. The maximum absolute atomic E-state index is 5.80. The van der Waals surface area contributed by atoms with Crippen LogP contribution in [-0.2, 0) is 0 Å². The normalized spacial score (nSPS) is 18.2. The van der Waals surface area contributed by atoms with Crippen LogP contribution in [0.2, 0.25) is 10.6 Å². The first-order chi connectivity index (χ1) is 7.15. The molecular weight excluding hydrogens is 237 g/mol. The van der Waals surface area contributed by atoms with Gasteiger partial charge in [0, 0.05) is 19.1 Å². The molecule has 0 aliphatic carbocycles. The highest BCUT2D eigenvalue weighted by atomic mass is 35.5. The highest BCUT2D eigenvalue weighted by molar-refractivity contribution is 6.31. The smallest absolute Gasteiger partial charge is 0.230 e. The molecule has 0 unspecified atom stereocenters. The Morgan fingerprint density at radius 1 is 1.07 bits per heavy atom. The monoisotopic (exact) mass is 247 g/mol. The molecule has 0 aromatic carbocycles. The zero-order chi connectivity index (χ0) is 10.8. The number of piperidine rings is 1. The van der Waals surface area contributed by atoms with Gasteiger partial charge >= 0.3 is 0 Å². The van der Waals surface area contributed by atoms with Crippen molar-refractivity contribution >= 4 is 29.2 Å². The molecule has 2 N–H and O–H groups in total. The van der Waals surface area contributed by atoms with Gasteiger partial charge in [-0.05, 0) is 36.0 Å². The summed E-state index contributed by atoms with van der Waals surface area (Å²) in [6.45, 7) is 1.66. The second-order valence-corrected chi connectivity index (χ2v) is 4.17. The van der Waals surface area contributed by atoms with E-state index in [0.29, 0.717) is 5.95 Å². The molecule has 0 atom stereocenters. The molecule has 0 amide bonds. The van der Waals surface area contributed by atoms with Crippen molar-refractivity contribution < 1.29 is 0 Å². The zero-order valence-corrected chi connectivity index (χ0v) is 9.54. The maximum Gasteiger partial charge on any atom is 0.230 e. The summed E-state index contributed by atoms with van der Waals surface area (Å²) in [7, 11) is 0. The van der Waals surface area contributed by atoms with Crippen molar-refractivity contribution in [2.75, 3.05) is 18.0 Å². The van der Waals surface area contributed by atoms with Gasteiger partial charge in [-0.25, -0.2) is 0 Å². The van der Waals surface area contributed by atoms with Gasteiger partial charge in [0.2, 0.25) is 16.5 Å². The fourth-order valence-corrected chi connectivity index (χ4v) is 1.91. The fourth-order valence-electron chi connectivity index (χ4n) is 1.56. The number of nitrogens with zero attached hydrogens (tertiary/aromatic N) is 4. The largest absolute Gasteiger partial charge is 0.341 e. The number of aromatic nitrogens is 3. The minimum atomic E-state index is 0.125. The van der Waals surface area contributed by atoms with Crippen molar-refractivity contribution in [3.8, 4) is 0 Å². The van der Waals surface area contributed by atoms with Crippen LogP contribution in [0.4, 0.5) is 5.95 Å². The molecule has 15 heavy (non-hydrogen) atoms. The van der Waals surface area contributed by atoms with Gasteiger partial charge in [-0.2, -0.15) is 15.0 Å². The summed E-state index contributed by atoms with van der Waals surface area (Å²) in [6.07, 6.45) is 1.86. The number of halogens is 2. The zero-order valence-electron chi connectivity index (χ0n) is 8.03. The minimum Gasteiger partial charge on any atom is -0.341 e. The van der Waals surface area contributed by atoms with Gasteiger partial charge in [-0.1, -0.05) is 0 Å². The highest BCUT2D eigenvalue weighted by Gasteiger charge is 2.19. The first-order valence-electron chi connectivity index (χ1n) is 4.73. The van der Waals surface area contributed by atoms with Crippen molar-refractivity contribution in [3.63, 3.8) is 0 Å². The van der Waals surface area contributed by atoms with E-state index < -0.39 is 0 Å². The van der Waals surface area contributed by atoms with Gasteiger partial charge in [0.05, 0.1) is 0 Å². The number of anilines is 1. The quantitative estimate of drug-likeness (QED) is 0.806. The Hall–Kier alpha value is -0.650. The molecule has 1 aliphatic heterocycles. The Balaban J connectivity index is 2.15. The predicted molar refractivity (Wildman–Crippen MR) is 59.3 cm³/mol. The third kappa shape index (κ3) is 2.68. The SMILES string of the molecule is NC1CCN(c2nc(Cl)nc(Cl)n2)CC1. The first-order valence-corrected chi connectivity index (χ1v) is 5.48. The van der Waals surface area contributed by atoms with E-state index in [0.717, 1.165) is 25.9 Å². The summed E-state index contributed by atoms with van der Waals surface area (Å²) >= 11 is 11.4. The van der Waals surface area contributed by atoms with Gasteiger partial charge in [0.1, 0.15) is 0 Å². The Morgan fingerprint density at radius 2 is 1.60 bits per heavy atom. The third-order valence-electron chi connectivity index (χ3n) is 2.39. The molecule has 0 radical (unpaired) electrons. The summed E-state index contributed by atoms with van der Waals surface area (Å²) < 4.78 is 0. The molecule has 5 nitrogen and oxygen atoms in total. The third-order valence-corrected chi connectivity index (χ3v) is 2.73. The van der Waals surface area contributed by atoms with Crippen molar-refractivity contribution in [1.82, 2.24) is 15.0 Å². The van der Waals surface area contributed by atoms with Crippen LogP contribution in [-0.4, -0.2) is 34.1 Å². The second kappa shape index (κ2) is 4.47. The number of nitrogens with two attached hydrogens (primary N) is 1. The number of rotatable bonds is 1. The molecule has 0 spiro atoms. The van der Waals surface area contributed by atoms with E-state index in [9.17, 15) is 0 Å². The maximum atomic E-state index is 5.80. The van der Waals surface area contributed by atoms with Crippen LogP contribution in [0.15, 0.2) is 0 Å². The predicted octanol–water partition coefficient (Wildman–Crippen LogP) is 1.11. The lowest BCUT2D eigenvalue weighted by atomic mass is 10.1. The van der Waals surface area contributed by atoms with Crippen molar-refractivity contribution in [1.29, 1.82) is 0 Å². The topological polar surface area (TPSA) is 67.9 Å². The summed E-state index contributed by atoms with van der Waals surface area (Å²) in [5.41, 5.74) is 5.80. The van der Waals surface area contributed by atoms with Crippen LogP contribution >= 0.6 is 23.2 Å². The molecule has 0 bridgehead atoms. The molecule has 1 aromatic rings. The van der Waals surface area contributed by atoms with E-state index in [1.807, 2.05) is 4.90 Å². The average molecular weight is 248 g/mol. The van der Waals surface area contributed by atoms with Gasteiger partial charge < -0.3 is 10.6 Å². The molecule has 1 aromatic heterocycles. The van der Waals surface area contributed by atoms with E-state index >= 15 is 0 Å². The van der Waals surface area contributed by atoms with Gasteiger partial charge in [-0.3, -0.25) is 0 Å². The lowest BCUT2D eigenvalue weighted by Gasteiger charge is -2.29. The van der Waals surface area contributed by atoms with Crippen molar-refractivity contribution in [2.24, 2.45) is 5.73 Å². The molecular formula is C8H11Cl2N5. The summed E-state index contributed by atoms with van der Waals surface area (Å²) in [6, 6.07) is 0.272. The first kappa shape index (κ1) is 10.9. The molecule has 82 valence electrons. The summed E-state index contributed by atoms with van der Waals surface area (Å²) in [5, 5.41) is 0.250. The number of hydrogen-bond acceptors (Lipinski definition) is 5. The average Bonchev–Trinajstić information content (AvgIpc) is 2.17. The van der Waals surface area contributed by atoms with Crippen LogP contribution in [0.3, 0.4) is 0 Å². The Labute approximate surface area is 97.6 Å². The molecule has 0 saturated carbocycles. The molecule has 2 heterocycles. The number of hydrogen-bond donors (Lipinski definition) is 1. The molecule has 1 aliphatic rings. The van der Waals surface area contributed by atoms with E-state index in [1.54, 1.807) is 0 Å². The van der Waals surface area contributed by atoms with Crippen LogP contribution in [0.5, 0.6) is 0 Å². The summed E-state index contributed by atoms with van der Waals surface area (Å²) in [4.78, 5) is 13.8. The summed E-state index contributed by atoms with van der Waals surface area (Å²) in [5.74, 6) is 0.534. The van der Waals surface area contributed by atoms with Gasteiger partial charge in [0.15, 0.2) is 0 Å². The van der Waals surface area contributed by atoms with Gasteiger partial charge in [-0.15, -0.1) is 0 Å². The molecule has 2 rings (SSSR count). The fraction of sp³-hybridized carbons (Fsp3) is 0.625. The Kier molecular flexibility index (Phi) is 3.23. The Bertz CT molecular complexity index is 331. The van der Waals surface area contributed by atoms with Crippen LogP contribution < -0.4 is 10.6 Å². The van der Waals surface area contributed by atoms with E-state index in [2.05, 4.69) is 15.0 Å². The van der Waals surface area contributed by atoms with E-state index in [1.165, 1.54) is 0 Å². The lowest BCUT2D eigenvalue weighted by molar-refractivity contribution is 0.495. The molecule has 1 saturated heterocycles. The van der Waals surface area contributed by atoms with E-state index in [4.69, 9.17) is 28.9 Å². The van der Waals surface area contributed by atoms with Gasteiger partial charge in [0.25, 0.3) is 0 Å². The van der Waals surface area contributed by atoms with E-state index in [-0.39, 0.29) is 16.6 Å². The highest BCUT2D eigenvalue weighted by Crippen LogP contribution is 2.17. The second-order valence-electron chi connectivity index (χ2n) is 3.50. The standard InChI is InChI=1S/C8H11Cl2N5/c9-6-12-7(10)14-8(13-6)15-3-1-5(11)2-4-15/h5H,1-4,11H2. The van der Waals surface area contributed by atoms with Crippen molar-refractivity contribution in [2.45, 2.75) is 18.9 Å². The minimum absolute atomic E-state index is 0.125.